The molecule has 0 radical (unpaired) electrons. The third-order valence-electron chi connectivity index (χ3n) is 4.77. The monoisotopic (exact) mass is 512 g/mol. The average Bonchev–Trinajstić information content (AvgIpc) is 3.21. The van der Waals surface area contributed by atoms with Gasteiger partial charge in [0, 0.05) is 10.4 Å². The maximum atomic E-state index is 12.6. The predicted octanol–water partition coefficient (Wildman–Crippen LogP) is 5.31. The molecule has 4 rings (SSSR count). The van der Waals surface area contributed by atoms with E-state index >= 15 is 0 Å². The highest BCUT2D eigenvalue weighted by molar-refractivity contribution is 9.10. The number of halogens is 1. The van der Waals surface area contributed by atoms with Crippen molar-refractivity contribution in [1.29, 1.82) is 5.41 Å². The lowest BCUT2D eigenvalue weighted by Gasteiger charge is -2.20. The number of hydrogen-bond donors (Lipinski definition) is 1. The van der Waals surface area contributed by atoms with Gasteiger partial charge in [0.15, 0.2) is 17.3 Å². The molecule has 7 nitrogen and oxygen atoms in total. The van der Waals surface area contributed by atoms with Crippen LogP contribution in [0.1, 0.15) is 25.0 Å². The van der Waals surface area contributed by atoms with E-state index < -0.39 is 5.91 Å². The molecule has 2 aromatic rings. The summed E-state index contributed by atoms with van der Waals surface area (Å²) >= 11 is 4.75. The van der Waals surface area contributed by atoms with Crippen molar-refractivity contribution in [1.82, 2.24) is 5.01 Å². The Labute approximate surface area is 198 Å². The number of nitrogens with zero attached hydrogens (tertiary/aromatic N) is 3. The van der Waals surface area contributed by atoms with Crippen LogP contribution in [-0.4, -0.2) is 34.1 Å². The summed E-state index contributed by atoms with van der Waals surface area (Å²) in [5, 5.41) is 15.6. The van der Waals surface area contributed by atoms with Gasteiger partial charge in [-0.05, 0) is 53.2 Å². The van der Waals surface area contributed by atoms with E-state index in [4.69, 9.17) is 14.9 Å². The lowest BCUT2D eigenvalue weighted by Crippen LogP contribution is -2.35. The molecular formula is C23H21BrN4O3S. The Morgan fingerprint density at radius 1 is 1.19 bits per heavy atom. The van der Waals surface area contributed by atoms with E-state index in [1.54, 1.807) is 25.3 Å². The van der Waals surface area contributed by atoms with Crippen LogP contribution in [0.4, 0.5) is 0 Å². The summed E-state index contributed by atoms with van der Waals surface area (Å²) in [5.74, 6) is 0.872. The van der Waals surface area contributed by atoms with Crippen molar-refractivity contribution in [3.05, 3.63) is 63.6 Å². The van der Waals surface area contributed by atoms with Crippen molar-refractivity contribution in [2.24, 2.45) is 16.0 Å². The molecule has 164 valence electrons. The second kappa shape index (κ2) is 9.30. The van der Waals surface area contributed by atoms with E-state index in [0.717, 1.165) is 15.1 Å². The van der Waals surface area contributed by atoms with Crippen LogP contribution in [0.25, 0.3) is 6.08 Å². The number of thioether (sulfide) groups is 1. The van der Waals surface area contributed by atoms with Gasteiger partial charge >= 0.3 is 0 Å². The molecule has 0 spiro atoms. The van der Waals surface area contributed by atoms with Gasteiger partial charge in [-0.2, -0.15) is 15.1 Å². The van der Waals surface area contributed by atoms with Crippen LogP contribution < -0.4 is 9.47 Å². The molecular weight excluding hydrogens is 492 g/mol. The summed E-state index contributed by atoms with van der Waals surface area (Å²) in [7, 11) is 1.56. The highest BCUT2D eigenvalue weighted by Gasteiger charge is 2.36. The number of benzene rings is 2. The number of ether oxygens (including phenoxy) is 2. The third kappa shape index (κ3) is 4.63. The van der Waals surface area contributed by atoms with Crippen LogP contribution in [0.2, 0.25) is 0 Å². The summed E-state index contributed by atoms with van der Waals surface area (Å²) in [5.41, 5.74) is 1.90. The first-order chi connectivity index (χ1) is 15.4. The van der Waals surface area contributed by atoms with Gasteiger partial charge in [-0.1, -0.05) is 48.0 Å². The van der Waals surface area contributed by atoms with Gasteiger partial charge in [0.25, 0.3) is 5.91 Å². The molecule has 0 atom stereocenters. The van der Waals surface area contributed by atoms with Crippen LogP contribution in [0.3, 0.4) is 0 Å². The maximum absolute atomic E-state index is 12.6. The Morgan fingerprint density at radius 2 is 1.94 bits per heavy atom. The van der Waals surface area contributed by atoms with E-state index in [9.17, 15) is 4.79 Å². The third-order valence-corrected chi connectivity index (χ3v) is 6.51. The fraction of sp³-hybridized carbons (Fsp3) is 0.217. The summed E-state index contributed by atoms with van der Waals surface area (Å²) in [6, 6.07) is 13.3. The second-order valence-corrected chi connectivity index (χ2v) is 9.34. The zero-order valence-electron chi connectivity index (χ0n) is 17.8. The summed E-state index contributed by atoms with van der Waals surface area (Å²) in [6.45, 7) is 4.42. The number of aliphatic imine (C=N–C) groups is 1. The summed E-state index contributed by atoms with van der Waals surface area (Å²) in [6.07, 6.45) is 1.62. The standard InChI is InChI=1S/C23H21BrN4O3S/c1-13(2)22-27-28-20(25)17(21(29)26-23(28)32-22)10-15-6-9-18(19(11-15)30-3)31-12-14-4-7-16(24)8-5-14/h4-11,13,25H,12H2,1-3H3/b17-10-,25-20?. The molecule has 0 saturated carbocycles. The number of amidine groups is 2. The van der Waals surface area contributed by atoms with Crippen molar-refractivity contribution in [3.63, 3.8) is 0 Å². The van der Waals surface area contributed by atoms with Crippen LogP contribution in [-0.2, 0) is 11.4 Å². The van der Waals surface area contributed by atoms with Crippen LogP contribution in [0, 0.1) is 11.3 Å². The van der Waals surface area contributed by atoms with Gasteiger partial charge in [0.1, 0.15) is 11.7 Å². The number of fused-ring (bicyclic) bond motifs is 1. The number of nitrogens with one attached hydrogen (secondary N) is 1. The van der Waals surface area contributed by atoms with Crippen LogP contribution in [0.15, 0.2) is 62.6 Å². The SMILES string of the molecule is COc1cc(/C=C2/C(=N)N3N=C(C(C)C)SC3=NC2=O)ccc1OCc1ccc(Br)cc1. The molecule has 32 heavy (non-hydrogen) atoms. The van der Waals surface area contributed by atoms with Crippen LogP contribution in [0.5, 0.6) is 11.5 Å². The topological polar surface area (TPSA) is 87.3 Å². The van der Waals surface area contributed by atoms with Crippen molar-refractivity contribution < 1.29 is 14.3 Å². The Balaban J connectivity index is 1.55. The Kier molecular flexibility index (Phi) is 6.48. The minimum absolute atomic E-state index is 0.0117. The molecule has 0 aliphatic carbocycles. The zero-order valence-corrected chi connectivity index (χ0v) is 20.2. The first kappa shape index (κ1) is 22.3. The lowest BCUT2D eigenvalue weighted by atomic mass is 10.1. The van der Waals surface area contributed by atoms with Crippen molar-refractivity contribution in [3.8, 4) is 11.5 Å². The number of hydrazone groups is 1. The van der Waals surface area contributed by atoms with Gasteiger partial charge in [-0.3, -0.25) is 10.2 Å². The maximum Gasteiger partial charge on any atom is 0.283 e. The molecule has 0 saturated heterocycles. The molecule has 0 fully saturated rings. The number of rotatable bonds is 6. The quantitative estimate of drug-likeness (QED) is 0.529. The van der Waals surface area contributed by atoms with Gasteiger partial charge in [-0.15, -0.1) is 0 Å². The Morgan fingerprint density at radius 3 is 2.62 bits per heavy atom. The van der Waals surface area contributed by atoms with E-state index in [2.05, 4.69) is 26.0 Å². The predicted molar refractivity (Wildman–Crippen MR) is 131 cm³/mol. The molecule has 0 aromatic heterocycles. The normalized spacial score (nSPS) is 16.9. The number of hydrogen-bond acceptors (Lipinski definition) is 6. The molecule has 9 heteroatoms. The fourth-order valence-corrected chi connectivity index (χ4v) is 4.20. The second-order valence-electron chi connectivity index (χ2n) is 7.44. The molecule has 0 bridgehead atoms. The van der Waals surface area contributed by atoms with Crippen LogP contribution >= 0.6 is 27.7 Å². The van der Waals surface area contributed by atoms with Crippen molar-refractivity contribution in [2.45, 2.75) is 20.5 Å². The molecule has 1 N–H and O–H groups in total. The molecule has 0 unspecified atom stereocenters. The molecule has 1 amide bonds. The number of amides is 1. The highest BCUT2D eigenvalue weighted by atomic mass is 79.9. The zero-order chi connectivity index (χ0) is 22.8. The van der Waals surface area contributed by atoms with Crippen molar-refractivity contribution in [2.75, 3.05) is 7.11 Å². The molecule has 2 aliphatic heterocycles. The minimum atomic E-state index is -0.455. The first-order valence-corrected chi connectivity index (χ1v) is 11.5. The molecule has 2 aromatic carbocycles. The van der Waals surface area contributed by atoms with E-state index in [1.165, 1.54) is 16.8 Å². The van der Waals surface area contributed by atoms with Gasteiger partial charge in [0.2, 0.25) is 5.17 Å². The Hall–Kier alpha value is -2.91. The minimum Gasteiger partial charge on any atom is -0.493 e. The summed E-state index contributed by atoms with van der Waals surface area (Å²) < 4.78 is 12.4. The largest absolute Gasteiger partial charge is 0.493 e. The van der Waals surface area contributed by atoms with E-state index in [-0.39, 0.29) is 17.3 Å². The Bertz CT molecular complexity index is 1170. The highest BCUT2D eigenvalue weighted by Crippen LogP contribution is 2.33. The van der Waals surface area contributed by atoms with E-state index in [1.807, 2.05) is 44.2 Å². The fourth-order valence-electron chi connectivity index (χ4n) is 3.04. The number of carbonyl (C=O) groups is 1. The van der Waals surface area contributed by atoms with Gasteiger partial charge in [-0.25, -0.2) is 0 Å². The number of carbonyl (C=O) groups excluding carboxylic acids is 1. The molecule has 2 heterocycles. The van der Waals surface area contributed by atoms with Gasteiger partial charge < -0.3 is 9.47 Å². The average molecular weight is 513 g/mol. The smallest absolute Gasteiger partial charge is 0.283 e. The van der Waals surface area contributed by atoms with Crippen molar-refractivity contribution >= 4 is 55.7 Å². The number of methoxy groups -OCH3 is 1. The molecule has 2 aliphatic rings. The summed E-state index contributed by atoms with van der Waals surface area (Å²) in [4.78, 5) is 16.7. The first-order valence-electron chi connectivity index (χ1n) is 9.91. The van der Waals surface area contributed by atoms with Gasteiger partial charge in [0.05, 0.1) is 12.7 Å². The lowest BCUT2D eigenvalue weighted by molar-refractivity contribution is -0.114. The van der Waals surface area contributed by atoms with E-state index in [0.29, 0.717) is 28.8 Å².